The number of hydrogen-bond acceptors (Lipinski definition) is 4. The summed E-state index contributed by atoms with van der Waals surface area (Å²) in [6, 6.07) is 13.9. The molecule has 3 N–H and O–H groups in total. The summed E-state index contributed by atoms with van der Waals surface area (Å²) in [5, 5.41) is 18.0. The zero-order valence-corrected chi connectivity index (χ0v) is 12.8. The van der Waals surface area contributed by atoms with Crippen LogP contribution in [0.15, 0.2) is 53.7 Å². The van der Waals surface area contributed by atoms with Crippen LogP contribution in [0.25, 0.3) is 0 Å². The number of nitrogens with one attached hydrogen (secondary N) is 2. The van der Waals surface area contributed by atoms with Crippen LogP contribution in [0.1, 0.15) is 25.0 Å². The maximum Gasteiger partial charge on any atom is 0.221 e. The summed E-state index contributed by atoms with van der Waals surface area (Å²) in [5.74, 6) is -0.301. The van der Waals surface area contributed by atoms with Crippen LogP contribution in [-0.4, -0.2) is 22.7 Å². The van der Waals surface area contributed by atoms with Crippen LogP contribution < -0.4 is 10.6 Å². The number of nitrogens with zero attached hydrogens (tertiary/aromatic N) is 1. The van der Waals surface area contributed by atoms with Gasteiger partial charge in [0.2, 0.25) is 11.8 Å². The largest absolute Gasteiger partial charge is 0.410 e. The highest BCUT2D eigenvalue weighted by Crippen LogP contribution is 2.17. The fourth-order valence-corrected chi connectivity index (χ4v) is 2.11. The first-order valence-electron chi connectivity index (χ1n) is 6.97. The van der Waals surface area contributed by atoms with Crippen LogP contribution in [-0.2, 0) is 9.59 Å². The number of benzene rings is 2. The number of anilines is 2. The standard InChI is InChI=1S/C17H17N3O3/c1-11(21)18-15-7-3-13(4-8-15)17(20-23)14-5-9-16(10-6-14)19-12(2)22/h3-10,23H,1-2H3,(H,18,21)(H,19,22). The van der Waals surface area contributed by atoms with E-state index in [2.05, 4.69) is 15.8 Å². The van der Waals surface area contributed by atoms with Gasteiger partial charge < -0.3 is 15.8 Å². The van der Waals surface area contributed by atoms with Crippen molar-refractivity contribution in [3.8, 4) is 0 Å². The number of amides is 2. The van der Waals surface area contributed by atoms with Crippen LogP contribution in [0.3, 0.4) is 0 Å². The first kappa shape index (κ1) is 16.2. The highest BCUT2D eigenvalue weighted by atomic mass is 16.4. The average Bonchev–Trinajstić information content (AvgIpc) is 2.50. The molecule has 0 saturated heterocycles. The van der Waals surface area contributed by atoms with E-state index in [1.165, 1.54) is 13.8 Å². The molecule has 2 aromatic rings. The summed E-state index contributed by atoms with van der Waals surface area (Å²) in [5.41, 5.74) is 3.13. The van der Waals surface area contributed by atoms with E-state index in [1.54, 1.807) is 48.5 Å². The molecular formula is C17H17N3O3. The van der Waals surface area contributed by atoms with Gasteiger partial charge in [0.25, 0.3) is 0 Å². The van der Waals surface area contributed by atoms with Crippen molar-refractivity contribution < 1.29 is 14.8 Å². The van der Waals surface area contributed by atoms with Crippen LogP contribution in [0, 0.1) is 0 Å². The third-order valence-corrected chi connectivity index (χ3v) is 3.06. The summed E-state index contributed by atoms with van der Waals surface area (Å²) in [6.07, 6.45) is 0. The summed E-state index contributed by atoms with van der Waals surface area (Å²) in [7, 11) is 0. The van der Waals surface area contributed by atoms with Gasteiger partial charge >= 0.3 is 0 Å². The van der Waals surface area contributed by atoms with Crippen LogP contribution in [0.4, 0.5) is 11.4 Å². The lowest BCUT2D eigenvalue weighted by Crippen LogP contribution is -2.08. The van der Waals surface area contributed by atoms with E-state index in [4.69, 9.17) is 0 Å². The van der Waals surface area contributed by atoms with E-state index in [1.807, 2.05) is 0 Å². The first-order valence-corrected chi connectivity index (χ1v) is 6.97. The molecule has 0 saturated carbocycles. The third kappa shape index (κ3) is 4.41. The molecule has 2 amide bonds. The van der Waals surface area contributed by atoms with E-state index in [-0.39, 0.29) is 11.8 Å². The van der Waals surface area contributed by atoms with E-state index in [0.717, 1.165) is 0 Å². The van der Waals surface area contributed by atoms with Crippen LogP contribution in [0.5, 0.6) is 0 Å². The molecule has 0 aliphatic heterocycles. The maximum absolute atomic E-state index is 11.0. The van der Waals surface area contributed by atoms with E-state index in [9.17, 15) is 14.8 Å². The number of oxime groups is 1. The third-order valence-electron chi connectivity index (χ3n) is 3.06. The van der Waals surface area contributed by atoms with Crippen LogP contribution in [0.2, 0.25) is 0 Å². The van der Waals surface area contributed by atoms with Crippen LogP contribution >= 0.6 is 0 Å². The minimum Gasteiger partial charge on any atom is -0.410 e. The predicted molar refractivity (Wildman–Crippen MR) is 88.9 cm³/mol. The molecule has 6 nitrogen and oxygen atoms in total. The fourth-order valence-electron chi connectivity index (χ4n) is 2.11. The van der Waals surface area contributed by atoms with Gasteiger partial charge in [-0.05, 0) is 24.3 Å². The average molecular weight is 311 g/mol. The molecule has 0 aliphatic rings. The summed E-state index contributed by atoms with van der Waals surface area (Å²) < 4.78 is 0. The Bertz CT molecular complexity index is 673. The van der Waals surface area contributed by atoms with Gasteiger partial charge in [-0.3, -0.25) is 9.59 Å². The maximum atomic E-state index is 11.0. The number of hydrogen-bond donors (Lipinski definition) is 3. The Morgan fingerprint density at radius 3 is 1.39 bits per heavy atom. The molecule has 0 spiro atoms. The number of carbonyl (C=O) groups is 2. The molecule has 23 heavy (non-hydrogen) atoms. The SMILES string of the molecule is CC(=O)Nc1ccc(C(=NO)c2ccc(NC(C)=O)cc2)cc1. The second-order valence-corrected chi connectivity index (χ2v) is 4.97. The van der Waals surface area contributed by atoms with Gasteiger partial charge in [0.1, 0.15) is 5.71 Å². The predicted octanol–water partition coefficient (Wildman–Crippen LogP) is 2.83. The van der Waals surface area contributed by atoms with Gasteiger partial charge in [-0.2, -0.15) is 0 Å². The Labute approximate surface area is 133 Å². The second-order valence-electron chi connectivity index (χ2n) is 4.97. The molecule has 0 heterocycles. The molecule has 6 heteroatoms. The van der Waals surface area contributed by atoms with Crippen molar-refractivity contribution in [2.24, 2.45) is 5.16 Å². The van der Waals surface area contributed by atoms with Crippen molar-refractivity contribution in [2.75, 3.05) is 10.6 Å². The molecule has 0 aromatic heterocycles. The topological polar surface area (TPSA) is 90.8 Å². The molecule has 0 aliphatic carbocycles. The lowest BCUT2D eigenvalue weighted by molar-refractivity contribution is -0.115. The first-order chi connectivity index (χ1) is 11.0. The number of carbonyl (C=O) groups excluding carboxylic acids is 2. The Hall–Kier alpha value is -3.15. The molecule has 2 aromatic carbocycles. The van der Waals surface area contributed by atoms with Crippen molar-refractivity contribution in [3.05, 3.63) is 59.7 Å². The molecule has 0 atom stereocenters. The molecular weight excluding hydrogens is 294 g/mol. The minimum atomic E-state index is -0.151. The van der Waals surface area contributed by atoms with E-state index < -0.39 is 0 Å². The Kier molecular flexibility index (Phi) is 5.09. The van der Waals surface area contributed by atoms with Crippen molar-refractivity contribution in [1.82, 2.24) is 0 Å². The van der Waals surface area contributed by atoms with E-state index in [0.29, 0.717) is 28.2 Å². The Morgan fingerprint density at radius 1 is 0.783 bits per heavy atom. The summed E-state index contributed by atoms with van der Waals surface area (Å²) in [6.45, 7) is 2.87. The van der Waals surface area contributed by atoms with Gasteiger partial charge in [-0.15, -0.1) is 0 Å². The van der Waals surface area contributed by atoms with Gasteiger partial charge in [-0.1, -0.05) is 29.4 Å². The van der Waals surface area contributed by atoms with Crippen molar-refractivity contribution in [2.45, 2.75) is 13.8 Å². The Morgan fingerprint density at radius 2 is 1.13 bits per heavy atom. The zero-order valence-electron chi connectivity index (χ0n) is 12.8. The van der Waals surface area contributed by atoms with Gasteiger partial charge in [0.05, 0.1) is 0 Å². The fraction of sp³-hybridized carbons (Fsp3) is 0.118. The molecule has 0 unspecified atom stereocenters. The summed E-state index contributed by atoms with van der Waals surface area (Å²) >= 11 is 0. The highest BCUT2D eigenvalue weighted by Gasteiger charge is 2.08. The quantitative estimate of drug-likeness (QED) is 0.460. The number of rotatable bonds is 4. The van der Waals surface area contributed by atoms with Crippen molar-refractivity contribution in [3.63, 3.8) is 0 Å². The lowest BCUT2D eigenvalue weighted by atomic mass is 10.0. The second kappa shape index (κ2) is 7.22. The van der Waals surface area contributed by atoms with Crippen molar-refractivity contribution in [1.29, 1.82) is 0 Å². The molecule has 0 radical (unpaired) electrons. The van der Waals surface area contributed by atoms with Gasteiger partial charge in [0, 0.05) is 36.3 Å². The minimum absolute atomic E-state index is 0.151. The van der Waals surface area contributed by atoms with Gasteiger partial charge in [-0.25, -0.2) is 0 Å². The highest BCUT2D eigenvalue weighted by molar-refractivity contribution is 6.13. The zero-order chi connectivity index (χ0) is 16.8. The molecule has 2 rings (SSSR count). The molecule has 0 fully saturated rings. The monoisotopic (exact) mass is 311 g/mol. The summed E-state index contributed by atoms with van der Waals surface area (Å²) in [4.78, 5) is 22.0. The smallest absolute Gasteiger partial charge is 0.221 e. The molecule has 0 bridgehead atoms. The van der Waals surface area contributed by atoms with Crippen molar-refractivity contribution >= 4 is 28.9 Å². The molecule has 118 valence electrons. The van der Waals surface area contributed by atoms with Gasteiger partial charge in [0.15, 0.2) is 0 Å². The van der Waals surface area contributed by atoms with E-state index >= 15 is 0 Å². The normalized spacial score (nSPS) is 9.83. The lowest BCUT2D eigenvalue weighted by Gasteiger charge is -2.08. The Balaban J connectivity index is 2.22.